The Bertz CT molecular complexity index is 778. The number of hydrogen-bond donors (Lipinski definition) is 1. The van der Waals surface area contributed by atoms with Gasteiger partial charge in [0.05, 0.1) is 18.9 Å². The molecular formula is C21H25NO6. The number of hydrogen-bond acceptors (Lipinski definition) is 6. The fourth-order valence-electron chi connectivity index (χ4n) is 2.34. The Balaban J connectivity index is 1.90. The molecular weight excluding hydrogens is 362 g/mol. The lowest BCUT2D eigenvalue weighted by Gasteiger charge is -2.15. The van der Waals surface area contributed by atoms with Crippen LogP contribution in [0.15, 0.2) is 48.5 Å². The molecule has 2 rings (SSSR count). The van der Waals surface area contributed by atoms with Gasteiger partial charge >= 0.3 is 5.97 Å². The van der Waals surface area contributed by atoms with Crippen LogP contribution in [0.2, 0.25) is 0 Å². The number of anilines is 1. The van der Waals surface area contributed by atoms with Crippen molar-refractivity contribution in [3.05, 3.63) is 48.5 Å². The molecule has 2 aromatic carbocycles. The minimum absolute atomic E-state index is 0.439. The van der Waals surface area contributed by atoms with Gasteiger partial charge in [-0.25, -0.2) is 4.79 Å². The maximum atomic E-state index is 12.2. The van der Waals surface area contributed by atoms with E-state index in [9.17, 15) is 9.59 Å². The number of benzene rings is 2. The minimum atomic E-state index is -0.838. The van der Waals surface area contributed by atoms with E-state index in [1.54, 1.807) is 49.4 Å². The van der Waals surface area contributed by atoms with Crippen LogP contribution in [0.5, 0.6) is 17.2 Å². The Morgan fingerprint density at radius 1 is 0.964 bits per heavy atom. The largest absolute Gasteiger partial charge is 0.494 e. The molecule has 0 saturated carbocycles. The Morgan fingerprint density at radius 3 is 2.36 bits per heavy atom. The van der Waals surface area contributed by atoms with Crippen molar-refractivity contribution >= 4 is 17.6 Å². The topological polar surface area (TPSA) is 83.1 Å². The molecule has 0 aliphatic carbocycles. The fourth-order valence-corrected chi connectivity index (χ4v) is 2.34. The number of ether oxygens (including phenoxy) is 4. The van der Waals surface area contributed by atoms with Crippen LogP contribution in [-0.2, 0) is 14.3 Å². The highest BCUT2D eigenvalue weighted by atomic mass is 16.6. The molecule has 2 aromatic rings. The third kappa shape index (κ3) is 6.50. The van der Waals surface area contributed by atoms with Crippen LogP contribution >= 0.6 is 0 Å². The van der Waals surface area contributed by atoms with E-state index in [2.05, 4.69) is 5.32 Å². The molecule has 7 heteroatoms. The van der Waals surface area contributed by atoms with Gasteiger partial charge in [-0.3, -0.25) is 4.79 Å². The number of amides is 1. The van der Waals surface area contributed by atoms with E-state index < -0.39 is 24.6 Å². The first kappa shape index (κ1) is 21.1. The van der Waals surface area contributed by atoms with Crippen molar-refractivity contribution < 1.29 is 28.5 Å². The van der Waals surface area contributed by atoms with Crippen LogP contribution in [0.1, 0.15) is 20.8 Å². The minimum Gasteiger partial charge on any atom is -0.494 e. The van der Waals surface area contributed by atoms with Crippen LogP contribution in [0.4, 0.5) is 5.69 Å². The van der Waals surface area contributed by atoms with Gasteiger partial charge in [-0.15, -0.1) is 0 Å². The Kier molecular flexibility index (Phi) is 8.14. The van der Waals surface area contributed by atoms with Gasteiger partial charge in [-0.1, -0.05) is 18.2 Å². The molecule has 28 heavy (non-hydrogen) atoms. The Morgan fingerprint density at radius 2 is 1.68 bits per heavy atom. The molecule has 150 valence electrons. The average Bonchev–Trinajstić information content (AvgIpc) is 2.69. The second-order valence-electron chi connectivity index (χ2n) is 5.75. The van der Waals surface area contributed by atoms with E-state index in [1.807, 2.05) is 19.9 Å². The highest BCUT2D eigenvalue weighted by Gasteiger charge is 2.18. The lowest BCUT2D eigenvalue weighted by molar-refractivity contribution is -0.153. The number of carbonyl (C=O) groups excluding carboxylic acids is 2. The van der Waals surface area contributed by atoms with Crippen LogP contribution in [-0.4, -0.2) is 37.8 Å². The lowest BCUT2D eigenvalue weighted by Crippen LogP contribution is -2.29. The number of rotatable bonds is 10. The monoisotopic (exact) mass is 387 g/mol. The second-order valence-corrected chi connectivity index (χ2v) is 5.75. The Hall–Kier alpha value is -3.22. The third-order valence-electron chi connectivity index (χ3n) is 3.57. The predicted octanol–water partition coefficient (Wildman–Crippen LogP) is 3.43. The zero-order valence-corrected chi connectivity index (χ0v) is 16.3. The quantitative estimate of drug-likeness (QED) is 0.629. The van der Waals surface area contributed by atoms with Gasteiger partial charge in [0, 0.05) is 6.07 Å². The first-order valence-electron chi connectivity index (χ1n) is 9.11. The smallest absolute Gasteiger partial charge is 0.347 e. The van der Waals surface area contributed by atoms with Gasteiger partial charge in [-0.2, -0.15) is 0 Å². The molecule has 0 bridgehead atoms. The van der Waals surface area contributed by atoms with E-state index in [0.717, 1.165) is 0 Å². The van der Waals surface area contributed by atoms with Crippen molar-refractivity contribution in [3.8, 4) is 17.2 Å². The van der Waals surface area contributed by atoms with Gasteiger partial charge < -0.3 is 24.3 Å². The summed E-state index contributed by atoms with van der Waals surface area (Å²) in [6, 6.07) is 14.0. The van der Waals surface area contributed by atoms with E-state index in [1.165, 1.54) is 0 Å². The van der Waals surface area contributed by atoms with E-state index in [-0.39, 0.29) is 0 Å². The molecule has 0 aliphatic rings. The van der Waals surface area contributed by atoms with Crippen molar-refractivity contribution in [3.63, 3.8) is 0 Å². The van der Waals surface area contributed by atoms with Gasteiger partial charge in [-0.05, 0) is 45.0 Å². The standard InChI is InChI=1S/C21H25NO6/c1-4-25-17-11-12-19(26-5-2)18(13-17)22-20(23)14-27-21(24)15(3)28-16-9-7-6-8-10-16/h6-13,15H,4-5,14H2,1-3H3,(H,22,23). The molecule has 0 aliphatic heterocycles. The predicted molar refractivity (Wildman–Crippen MR) is 105 cm³/mol. The normalized spacial score (nSPS) is 11.2. The second kappa shape index (κ2) is 10.8. The zero-order chi connectivity index (χ0) is 20.4. The summed E-state index contributed by atoms with van der Waals surface area (Å²) in [6.45, 7) is 5.78. The molecule has 0 heterocycles. The number of carbonyl (C=O) groups is 2. The van der Waals surface area contributed by atoms with Crippen LogP contribution in [0.25, 0.3) is 0 Å². The summed E-state index contributed by atoms with van der Waals surface area (Å²) >= 11 is 0. The summed E-state index contributed by atoms with van der Waals surface area (Å²) in [5, 5.41) is 2.68. The van der Waals surface area contributed by atoms with Crippen LogP contribution in [0.3, 0.4) is 0 Å². The molecule has 0 radical (unpaired) electrons. The summed E-state index contributed by atoms with van der Waals surface area (Å²) in [7, 11) is 0. The first-order chi connectivity index (χ1) is 13.5. The van der Waals surface area contributed by atoms with Crippen LogP contribution in [0, 0.1) is 0 Å². The summed E-state index contributed by atoms with van der Waals surface area (Å²) in [4.78, 5) is 24.2. The molecule has 1 atom stereocenters. The number of esters is 1. The van der Waals surface area contributed by atoms with Gasteiger partial charge in [0.2, 0.25) is 0 Å². The fraction of sp³-hybridized carbons (Fsp3) is 0.333. The van der Waals surface area contributed by atoms with Crippen molar-refractivity contribution in [2.75, 3.05) is 25.1 Å². The average molecular weight is 387 g/mol. The Labute approximate surface area is 164 Å². The first-order valence-corrected chi connectivity index (χ1v) is 9.11. The summed E-state index contributed by atoms with van der Waals surface area (Å²) < 4.78 is 21.5. The third-order valence-corrected chi connectivity index (χ3v) is 3.57. The van der Waals surface area contributed by atoms with Crippen molar-refractivity contribution in [1.82, 2.24) is 0 Å². The highest BCUT2D eigenvalue weighted by molar-refractivity contribution is 5.94. The SMILES string of the molecule is CCOc1ccc(OCC)c(NC(=O)COC(=O)C(C)Oc2ccccc2)c1. The van der Waals surface area contributed by atoms with Crippen molar-refractivity contribution in [2.45, 2.75) is 26.9 Å². The van der Waals surface area contributed by atoms with Crippen molar-refractivity contribution in [1.29, 1.82) is 0 Å². The summed E-state index contributed by atoms with van der Waals surface area (Å²) in [5.74, 6) is 0.530. The summed E-state index contributed by atoms with van der Waals surface area (Å²) in [6.07, 6.45) is -0.838. The highest BCUT2D eigenvalue weighted by Crippen LogP contribution is 2.29. The zero-order valence-electron chi connectivity index (χ0n) is 16.3. The summed E-state index contributed by atoms with van der Waals surface area (Å²) in [5.41, 5.74) is 0.447. The van der Waals surface area contributed by atoms with E-state index in [0.29, 0.717) is 36.1 Å². The van der Waals surface area contributed by atoms with Gasteiger partial charge in [0.15, 0.2) is 12.7 Å². The molecule has 0 fully saturated rings. The van der Waals surface area contributed by atoms with Crippen molar-refractivity contribution in [2.24, 2.45) is 0 Å². The lowest BCUT2D eigenvalue weighted by atomic mass is 10.2. The molecule has 0 saturated heterocycles. The number of nitrogens with one attached hydrogen (secondary N) is 1. The molecule has 1 amide bonds. The maximum absolute atomic E-state index is 12.2. The van der Waals surface area contributed by atoms with E-state index in [4.69, 9.17) is 18.9 Å². The van der Waals surface area contributed by atoms with Gasteiger partial charge in [0.1, 0.15) is 17.2 Å². The van der Waals surface area contributed by atoms with E-state index >= 15 is 0 Å². The molecule has 0 spiro atoms. The van der Waals surface area contributed by atoms with Crippen LogP contribution < -0.4 is 19.5 Å². The number of para-hydroxylation sites is 1. The molecule has 0 aromatic heterocycles. The van der Waals surface area contributed by atoms with Gasteiger partial charge in [0.25, 0.3) is 5.91 Å². The molecule has 7 nitrogen and oxygen atoms in total. The molecule has 1 unspecified atom stereocenters. The molecule has 1 N–H and O–H groups in total. The maximum Gasteiger partial charge on any atom is 0.347 e.